The van der Waals surface area contributed by atoms with Crippen molar-refractivity contribution in [3.8, 4) is 5.75 Å². The van der Waals surface area contributed by atoms with E-state index < -0.39 is 0 Å². The van der Waals surface area contributed by atoms with Gasteiger partial charge in [-0.05, 0) is 57.0 Å². The lowest BCUT2D eigenvalue weighted by Crippen LogP contribution is -2.47. The maximum absolute atomic E-state index is 12.3. The molecule has 0 bridgehead atoms. The van der Waals surface area contributed by atoms with Crippen LogP contribution in [0.2, 0.25) is 0 Å². The maximum Gasteiger partial charge on any atom is 0.265 e. The number of anilines is 1. The first-order valence-electron chi connectivity index (χ1n) is 11.3. The van der Waals surface area contributed by atoms with Gasteiger partial charge >= 0.3 is 0 Å². The van der Waals surface area contributed by atoms with Crippen LogP contribution in [-0.2, 0) is 9.59 Å². The first-order chi connectivity index (χ1) is 14.6. The number of amides is 2. The van der Waals surface area contributed by atoms with Crippen LogP contribution in [-0.4, -0.2) is 80.6 Å². The molecule has 2 amide bonds. The van der Waals surface area contributed by atoms with Crippen LogP contribution in [0.15, 0.2) is 18.2 Å². The number of piperazine rings is 1. The molecule has 2 heterocycles. The topological polar surface area (TPSA) is 65.1 Å². The highest BCUT2D eigenvalue weighted by Gasteiger charge is 2.25. The van der Waals surface area contributed by atoms with Gasteiger partial charge in [-0.2, -0.15) is 0 Å². The van der Waals surface area contributed by atoms with E-state index in [0.717, 1.165) is 56.1 Å². The molecule has 0 aromatic heterocycles. The van der Waals surface area contributed by atoms with Crippen molar-refractivity contribution in [2.24, 2.45) is 0 Å². The number of rotatable bonds is 10. The van der Waals surface area contributed by atoms with Gasteiger partial charge in [0.05, 0.1) is 5.69 Å². The Balaban J connectivity index is 1.30. The largest absolute Gasteiger partial charge is 0.482 e. The molecule has 2 aliphatic rings. The second-order valence-corrected chi connectivity index (χ2v) is 8.30. The average molecular weight is 417 g/mol. The molecule has 1 fully saturated rings. The van der Waals surface area contributed by atoms with Crippen LogP contribution in [0.25, 0.3) is 0 Å². The first kappa shape index (κ1) is 22.6. The predicted octanol–water partition coefficient (Wildman–Crippen LogP) is 2.03. The molecule has 0 radical (unpaired) electrons. The number of benzene rings is 1. The number of carbonyl (C=O) groups is 2. The Hall–Kier alpha value is -2.12. The van der Waals surface area contributed by atoms with Gasteiger partial charge in [0.2, 0.25) is 5.91 Å². The Morgan fingerprint density at radius 2 is 1.80 bits per heavy atom. The van der Waals surface area contributed by atoms with Crippen molar-refractivity contribution in [1.29, 1.82) is 0 Å². The Labute approximate surface area is 180 Å². The van der Waals surface area contributed by atoms with Crippen molar-refractivity contribution in [2.45, 2.75) is 39.5 Å². The van der Waals surface area contributed by atoms with Crippen molar-refractivity contribution in [2.75, 3.05) is 63.9 Å². The Kier molecular flexibility index (Phi) is 8.51. The molecule has 0 aliphatic carbocycles. The van der Waals surface area contributed by atoms with E-state index in [1.54, 1.807) is 4.90 Å². The molecule has 0 saturated carbocycles. The number of fused-ring (bicyclic) bond motifs is 1. The van der Waals surface area contributed by atoms with Gasteiger partial charge in [0, 0.05) is 45.7 Å². The molecule has 2 aliphatic heterocycles. The molecule has 0 unspecified atom stereocenters. The summed E-state index contributed by atoms with van der Waals surface area (Å²) in [5.41, 5.74) is 1.90. The van der Waals surface area contributed by atoms with Gasteiger partial charge in [-0.15, -0.1) is 0 Å². The van der Waals surface area contributed by atoms with Crippen molar-refractivity contribution in [3.63, 3.8) is 0 Å². The monoisotopic (exact) mass is 416 g/mol. The number of ether oxygens (including phenoxy) is 1. The quantitative estimate of drug-likeness (QED) is 0.592. The molecule has 0 spiro atoms. The summed E-state index contributed by atoms with van der Waals surface area (Å²) in [5, 5.41) is 3.02. The zero-order valence-electron chi connectivity index (χ0n) is 18.5. The Morgan fingerprint density at radius 3 is 2.53 bits per heavy atom. The fourth-order valence-electron chi connectivity index (χ4n) is 4.13. The number of aryl methyl sites for hydroxylation is 1. The summed E-state index contributed by atoms with van der Waals surface area (Å²) in [7, 11) is 0. The fourth-order valence-corrected chi connectivity index (χ4v) is 4.13. The second kappa shape index (κ2) is 11.3. The van der Waals surface area contributed by atoms with E-state index in [2.05, 4.69) is 22.0 Å². The van der Waals surface area contributed by atoms with Gasteiger partial charge in [-0.1, -0.05) is 13.0 Å². The summed E-state index contributed by atoms with van der Waals surface area (Å²) >= 11 is 0. The van der Waals surface area contributed by atoms with Crippen LogP contribution in [0.5, 0.6) is 5.75 Å². The minimum absolute atomic E-state index is 0.0486. The third-order valence-corrected chi connectivity index (χ3v) is 5.82. The smallest absolute Gasteiger partial charge is 0.265 e. The van der Waals surface area contributed by atoms with Gasteiger partial charge in [0.25, 0.3) is 5.91 Å². The number of nitrogens with one attached hydrogen (secondary N) is 1. The fraction of sp³-hybridized carbons (Fsp3) is 0.652. The van der Waals surface area contributed by atoms with Crippen LogP contribution in [0.4, 0.5) is 5.69 Å². The van der Waals surface area contributed by atoms with Crippen molar-refractivity contribution in [3.05, 3.63) is 23.8 Å². The van der Waals surface area contributed by atoms with E-state index in [1.165, 1.54) is 13.0 Å². The molecular weight excluding hydrogens is 380 g/mol. The number of nitrogens with zero attached hydrogens (tertiary/aromatic N) is 3. The van der Waals surface area contributed by atoms with Gasteiger partial charge < -0.3 is 24.8 Å². The zero-order valence-corrected chi connectivity index (χ0v) is 18.5. The van der Waals surface area contributed by atoms with Gasteiger partial charge in [0.1, 0.15) is 5.75 Å². The third-order valence-electron chi connectivity index (χ3n) is 5.82. The first-order valence-corrected chi connectivity index (χ1v) is 11.3. The SMILES string of the molecule is CCCN1CCN(CCCNC(=O)CCCN2C(=O)COc3ccc(C)cc32)CC1. The van der Waals surface area contributed by atoms with E-state index >= 15 is 0 Å². The minimum Gasteiger partial charge on any atom is -0.482 e. The van der Waals surface area contributed by atoms with Gasteiger partial charge in [-0.25, -0.2) is 0 Å². The number of carbonyl (C=O) groups excluding carboxylic acids is 2. The summed E-state index contributed by atoms with van der Waals surface area (Å²) < 4.78 is 5.50. The molecule has 166 valence electrons. The molecule has 1 aromatic rings. The van der Waals surface area contributed by atoms with Crippen LogP contribution in [0.1, 0.15) is 38.2 Å². The summed E-state index contributed by atoms with van der Waals surface area (Å²) in [6.07, 6.45) is 3.28. The zero-order chi connectivity index (χ0) is 21.3. The lowest BCUT2D eigenvalue weighted by atomic mass is 10.1. The predicted molar refractivity (Wildman–Crippen MR) is 119 cm³/mol. The molecule has 1 saturated heterocycles. The molecule has 0 atom stereocenters. The van der Waals surface area contributed by atoms with E-state index in [1.807, 2.05) is 25.1 Å². The lowest BCUT2D eigenvalue weighted by Gasteiger charge is -2.34. The molecule has 7 nitrogen and oxygen atoms in total. The summed E-state index contributed by atoms with van der Waals surface area (Å²) in [5.74, 6) is 0.751. The highest BCUT2D eigenvalue weighted by atomic mass is 16.5. The Morgan fingerprint density at radius 1 is 1.07 bits per heavy atom. The highest BCUT2D eigenvalue weighted by molar-refractivity contribution is 5.97. The molecule has 30 heavy (non-hydrogen) atoms. The Bertz CT molecular complexity index is 716. The van der Waals surface area contributed by atoms with Crippen LogP contribution < -0.4 is 15.0 Å². The van der Waals surface area contributed by atoms with E-state index in [9.17, 15) is 9.59 Å². The van der Waals surface area contributed by atoms with Crippen molar-refractivity contribution in [1.82, 2.24) is 15.1 Å². The molecule has 3 rings (SSSR count). The lowest BCUT2D eigenvalue weighted by molar-refractivity contribution is -0.122. The molecule has 7 heteroatoms. The van der Waals surface area contributed by atoms with Crippen molar-refractivity contribution >= 4 is 17.5 Å². The molecule has 1 N–H and O–H groups in total. The third kappa shape index (κ3) is 6.44. The van der Waals surface area contributed by atoms with E-state index in [4.69, 9.17) is 4.74 Å². The molecule has 1 aromatic carbocycles. The van der Waals surface area contributed by atoms with Crippen LogP contribution in [0.3, 0.4) is 0 Å². The van der Waals surface area contributed by atoms with Crippen molar-refractivity contribution < 1.29 is 14.3 Å². The summed E-state index contributed by atoms with van der Waals surface area (Å²) in [6, 6.07) is 5.85. The maximum atomic E-state index is 12.3. The number of hydrogen-bond donors (Lipinski definition) is 1. The number of hydrogen-bond acceptors (Lipinski definition) is 5. The standard InChI is InChI=1S/C23H36N4O3/c1-3-10-25-13-15-26(16-14-25)11-5-9-24-22(28)6-4-12-27-20-17-19(2)7-8-21(20)30-18-23(27)29/h7-8,17H,3-6,9-16,18H2,1-2H3,(H,24,28). The molecular formula is C23H36N4O3. The normalized spacial score (nSPS) is 17.5. The van der Waals surface area contributed by atoms with Crippen LogP contribution >= 0.6 is 0 Å². The average Bonchev–Trinajstić information content (AvgIpc) is 2.74. The van der Waals surface area contributed by atoms with E-state index in [-0.39, 0.29) is 18.4 Å². The van der Waals surface area contributed by atoms with E-state index in [0.29, 0.717) is 25.9 Å². The summed E-state index contributed by atoms with van der Waals surface area (Å²) in [6.45, 7) is 12.3. The van der Waals surface area contributed by atoms with Gasteiger partial charge in [-0.3, -0.25) is 9.59 Å². The second-order valence-electron chi connectivity index (χ2n) is 8.30. The minimum atomic E-state index is -0.0486. The summed E-state index contributed by atoms with van der Waals surface area (Å²) in [4.78, 5) is 31.2. The van der Waals surface area contributed by atoms with Crippen LogP contribution in [0, 0.1) is 6.92 Å². The highest BCUT2D eigenvalue weighted by Crippen LogP contribution is 2.32. The van der Waals surface area contributed by atoms with Gasteiger partial charge in [0.15, 0.2) is 6.61 Å².